The van der Waals surface area contributed by atoms with Crippen LogP contribution in [0.1, 0.15) is 5.56 Å². The third-order valence-electron chi connectivity index (χ3n) is 3.67. The van der Waals surface area contributed by atoms with Crippen molar-refractivity contribution in [2.45, 2.75) is 6.42 Å². The molecule has 0 saturated heterocycles. The maximum atomic E-state index is 12.2. The van der Waals surface area contributed by atoms with Crippen LogP contribution in [0.2, 0.25) is 0 Å². The van der Waals surface area contributed by atoms with E-state index >= 15 is 0 Å². The maximum absolute atomic E-state index is 12.2. The summed E-state index contributed by atoms with van der Waals surface area (Å²) in [6, 6.07) is 8.65. The number of likely N-dealkylation sites (N-methyl/N-ethyl adjacent to an activating group) is 1. The molecule has 2 amide bonds. The van der Waals surface area contributed by atoms with Crippen molar-refractivity contribution in [2.75, 3.05) is 33.1 Å². The summed E-state index contributed by atoms with van der Waals surface area (Å²) in [5.41, 5.74) is 1.51. The lowest BCUT2D eigenvalue weighted by atomic mass is 10.2. The minimum Gasteiger partial charge on any atom is -0.493 e. The maximum Gasteiger partial charge on any atom is 0.313 e. The number of methoxy groups -OCH3 is 2. The van der Waals surface area contributed by atoms with Gasteiger partial charge in [0.15, 0.2) is 11.5 Å². The highest BCUT2D eigenvalue weighted by atomic mass is 16.5. The molecule has 0 aliphatic carbocycles. The van der Waals surface area contributed by atoms with Crippen LogP contribution in [0.3, 0.4) is 0 Å². The average molecular weight is 343 g/mol. The second-order valence-corrected chi connectivity index (χ2v) is 5.36. The van der Waals surface area contributed by atoms with Crippen molar-refractivity contribution in [3.05, 3.63) is 48.3 Å². The normalized spacial score (nSPS) is 10.0. The molecule has 1 aromatic heterocycles. The van der Waals surface area contributed by atoms with E-state index in [1.54, 1.807) is 37.6 Å². The Balaban J connectivity index is 1.94. The highest BCUT2D eigenvalue weighted by molar-refractivity contribution is 6.39. The minimum absolute atomic E-state index is 0.433. The fraction of sp³-hybridized carbons (Fsp3) is 0.278. The molecular weight excluding hydrogens is 322 g/mol. The zero-order chi connectivity index (χ0) is 18.2. The number of rotatable bonds is 6. The van der Waals surface area contributed by atoms with Gasteiger partial charge in [0.1, 0.15) is 0 Å². The number of anilines is 1. The number of hydrogen-bond acceptors (Lipinski definition) is 5. The predicted molar refractivity (Wildman–Crippen MR) is 93.8 cm³/mol. The summed E-state index contributed by atoms with van der Waals surface area (Å²) in [6.07, 6.45) is 4.04. The molecule has 0 unspecified atom stereocenters. The Labute approximate surface area is 146 Å². The molecule has 0 radical (unpaired) electrons. The number of carbonyl (C=O) groups excluding carboxylic acids is 2. The molecule has 0 saturated carbocycles. The Kier molecular flexibility index (Phi) is 6.33. The van der Waals surface area contributed by atoms with Gasteiger partial charge in [-0.1, -0.05) is 0 Å². The van der Waals surface area contributed by atoms with Crippen LogP contribution in [0.5, 0.6) is 11.5 Å². The molecule has 0 spiro atoms. The molecule has 0 aliphatic rings. The summed E-state index contributed by atoms with van der Waals surface area (Å²) in [5.74, 6) is -0.298. The van der Waals surface area contributed by atoms with Crippen LogP contribution < -0.4 is 14.8 Å². The summed E-state index contributed by atoms with van der Waals surface area (Å²) in [6.45, 7) is 0.433. The standard InChI is InChI=1S/C18H21N3O4/c1-21(11-8-13-6-9-19-10-7-13)18(23)17(22)20-14-4-5-15(24-2)16(12-14)25-3/h4-7,9-10,12H,8,11H2,1-3H3,(H,20,22). The number of nitrogens with zero attached hydrogens (tertiary/aromatic N) is 2. The Morgan fingerprint density at radius 3 is 2.40 bits per heavy atom. The van der Waals surface area contributed by atoms with E-state index in [1.165, 1.54) is 19.1 Å². The Morgan fingerprint density at radius 1 is 1.08 bits per heavy atom. The first kappa shape index (κ1) is 18.3. The van der Waals surface area contributed by atoms with E-state index in [0.29, 0.717) is 30.2 Å². The van der Waals surface area contributed by atoms with E-state index < -0.39 is 11.8 Å². The van der Waals surface area contributed by atoms with Crippen LogP contribution in [0.4, 0.5) is 5.69 Å². The lowest BCUT2D eigenvalue weighted by Gasteiger charge is -2.17. The van der Waals surface area contributed by atoms with Gasteiger partial charge < -0.3 is 19.7 Å². The highest BCUT2D eigenvalue weighted by Crippen LogP contribution is 2.29. The van der Waals surface area contributed by atoms with Crippen LogP contribution in [0, 0.1) is 0 Å². The van der Waals surface area contributed by atoms with Crippen molar-refractivity contribution in [1.29, 1.82) is 0 Å². The van der Waals surface area contributed by atoms with Crippen LogP contribution in [0.15, 0.2) is 42.7 Å². The lowest BCUT2D eigenvalue weighted by Crippen LogP contribution is -2.38. The molecule has 1 aromatic carbocycles. The molecule has 7 nitrogen and oxygen atoms in total. The monoisotopic (exact) mass is 343 g/mol. The molecule has 25 heavy (non-hydrogen) atoms. The van der Waals surface area contributed by atoms with Gasteiger partial charge in [0.25, 0.3) is 0 Å². The number of carbonyl (C=O) groups is 2. The largest absolute Gasteiger partial charge is 0.493 e. The molecule has 0 aliphatic heterocycles. The van der Waals surface area contributed by atoms with Gasteiger partial charge in [-0.15, -0.1) is 0 Å². The van der Waals surface area contributed by atoms with E-state index in [-0.39, 0.29) is 0 Å². The molecule has 2 aromatic rings. The van der Waals surface area contributed by atoms with E-state index in [9.17, 15) is 9.59 Å². The number of hydrogen-bond donors (Lipinski definition) is 1. The molecule has 2 rings (SSSR count). The molecule has 0 fully saturated rings. The van der Waals surface area contributed by atoms with E-state index in [2.05, 4.69) is 10.3 Å². The predicted octanol–water partition coefficient (Wildman–Crippen LogP) is 1.74. The SMILES string of the molecule is COc1ccc(NC(=O)C(=O)N(C)CCc2ccncc2)cc1OC. The highest BCUT2D eigenvalue weighted by Gasteiger charge is 2.19. The fourth-order valence-corrected chi connectivity index (χ4v) is 2.22. The number of benzene rings is 1. The Morgan fingerprint density at radius 2 is 1.76 bits per heavy atom. The van der Waals surface area contributed by atoms with E-state index in [0.717, 1.165) is 5.56 Å². The zero-order valence-electron chi connectivity index (χ0n) is 14.5. The first-order valence-corrected chi connectivity index (χ1v) is 7.72. The second kappa shape index (κ2) is 8.68. The molecule has 1 heterocycles. The third-order valence-corrected chi connectivity index (χ3v) is 3.67. The second-order valence-electron chi connectivity index (χ2n) is 5.36. The fourth-order valence-electron chi connectivity index (χ4n) is 2.22. The van der Waals surface area contributed by atoms with Crippen molar-refractivity contribution in [1.82, 2.24) is 9.88 Å². The van der Waals surface area contributed by atoms with Gasteiger partial charge in [-0.3, -0.25) is 14.6 Å². The van der Waals surface area contributed by atoms with Gasteiger partial charge in [0.05, 0.1) is 14.2 Å². The topological polar surface area (TPSA) is 80.8 Å². The summed E-state index contributed by atoms with van der Waals surface area (Å²) in [4.78, 5) is 29.7. The zero-order valence-corrected chi connectivity index (χ0v) is 14.5. The van der Waals surface area contributed by atoms with Crippen LogP contribution in [-0.4, -0.2) is 49.5 Å². The van der Waals surface area contributed by atoms with Crippen LogP contribution in [-0.2, 0) is 16.0 Å². The molecule has 132 valence electrons. The van der Waals surface area contributed by atoms with Crippen LogP contribution >= 0.6 is 0 Å². The number of pyridine rings is 1. The van der Waals surface area contributed by atoms with E-state index in [4.69, 9.17) is 9.47 Å². The van der Waals surface area contributed by atoms with Gasteiger partial charge in [-0.25, -0.2) is 0 Å². The molecule has 0 bridgehead atoms. The van der Waals surface area contributed by atoms with Crippen molar-refractivity contribution < 1.29 is 19.1 Å². The molecular formula is C18H21N3O4. The molecule has 0 atom stereocenters. The minimum atomic E-state index is -0.704. The summed E-state index contributed by atoms with van der Waals surface area (Å²) >= 11 is 0. The van der Waals surface area contributed by atoms with Crippen LogP contribution in [0.25, 0.3) is 0 Å². The molecule has 1 N–H and O–H groups in total. The number of nitrogens with one attached hydrogen (secondary N) is 1. The average Bonchev–Trinajstić information content (AvgIpc) is 2.66. The van der Waals surface area contributed by atoms with Gasteiger partial charge in [-0.2, -0.15) is 0 Å². The Bertz CT molecular complexity index is 734. The van der Waals surface area contributed by atoms with Crippen molar-refractivity contribution in [2.24, 2.45) is 0 Å². The van der Waals surface area contributed by atoms with Crippen molar-refractivity contribution in [3.8, 4) is 11.5 Å². The van der Waals surface area contributed by atoms with Gasteiger partial charge in [0, 0.05) is 37.7 Å². The summed E-state index contributed by atoms with van der Waals surface area (Å²) < 4.78 is 10.3. The van der Waals surface area contributed by atoms with Gasteiger partial charge in [0.2, 0.25) is 0 Å². The summed E-state index contributed by atoms with van der Waals surface area (Å²) in [7, 11) is 4.62. The molecule has 7 heteroatoms. The van der Waals surface area contributed by atoms with E-state index in [1.807, 2.05) is 12.1 Å². The van der Waals surface area contributed by atoms with Crippen molar-refractivity contribution in [3.63, 3.8) is 0 Å². The van der Waals surface area contributed by atoms with Gasteiger partial charge >= 0.3 is 11.8 Å². The number of aromatic nitrogens is 1. The first-order chi connectivity index (χ1) is 12.0. The summed E-state index contributed by atoms with van der Waals surface area (Å²) in [5, 5.41) is 2.57. The van der Waals surface area contributed by atoms with Crippen molar-refractivity contribution >= 4 is 17.5 Å². The van der Waals surface area contributed by atoms with Gasteiger partial charge in [-0.05, 0) is 36.2 Å². The number of amides is 2. The quantitative estimate of drug-likeness (QED) is 0.808. The first-order valence-electron chi connectivity index (χ1n) is 7.72. The lowest BCUT2D eigenvalue weighted by molar-refractivity contribution is -0.142. The number of ether oxygens (including phenoxy) is 2. The Hall–Kier alpha value is -3.09. The smallest absolute Gasteiger partial charge is 0.313 e. The third kappa shape index (κ3) is 4.94.